The molecule has 0 radical (unpaired) electrons. The maximum Gasteiger partial charge on any atom is 0.107 e. The summed E-state index contributed by atoms with van der Waals surface area (Å²) in [4.78, 5) is 0. The molecule has 0 atom stereocenters. The van der Waals surface area contributed by atoms with E-state index in [1.54, 1.807) is 0 Å². The van der Waals surface area contributed by atoms with Crippen LogP contribution in [0, 0.1) is 6.92 Å². The van der Waals surface area contributed by atoms with E-state index >= 15 is 0 Å². The zero-order valence-electron chi connectivity index (χ0n) is 9.37. The Morgan fingerprint density at radius 3 is 2.59 bits per heavy atom. The van der Waals surface area contributed by atoms with E-state index in [1.165, 1.54) is 5.56 Å². The Morgan fingerprint density at radius 2 is 1.82 bits per heavy atom. The van der Waals surface area contributed by atoms with Gasteiger partial charge in [-0.15, -0.1) is 0 Å². The van der Waals surface area contributed by atoms with Gasteiger partial charge in [-0.3, -0.25) is 5.10 Å². The number of aromatic amines is 1. The van der Waals surface area contributed by atoms with Gasteiger partial charge in [-0.2, -0.15) is 5.10 Å². The molecule has 0 aliphatic carbocycles. The third-order valence-corrected chi connectivity index (χ3v) is 3.52. The van der Waals surface area contributed by atoms with Crippen LogP contribution in [-0.2, 0) is 0 Å². The molecule has 2 nitrogen and oxygen atoms in total. The van der Waals surface area contributed by atoms with E-state index < -0.39 is 0 Å². The molecule has 0 saturated heterocycles. The monoisotopic (exact) mass is 286 g/mol. The van der Waals surface area contributed by atoms with Crippen molar-refractivity contribution in [1.82, 2.24) is 10.2 Å². The lowest BCUT2D eigenvalue weighted by Crippen LogP contribution is -1.79. The van der Waals surface area contributed by atoms with Gasteiger partial charge in [-0.05, 0) is 28.9 Å². The summed E-state index contributed by atoms with van der Waals surface area (Å²) in [5.74, 6) is 0. The first kappa shape index (κ1) is 10.5. The summed E-state index contributed by atoms with van der Waals surface area (Å²) in [6.07, 6.45) is 0. The number of nitrogens with one attached hydrogen (secondary N) is 1. The average molecular weight is 287 g/mol. The van der Waals surface area contributed by atoms with Gasteiger partial charge >= 0.3 is 0 Å². The Hall–Kier alpha value is -1.61. The number of aryl methyl sites for hydroxylation is 1. The summed E-state index contributed by atoms with van der Waals surface area (Å²) in [5, 5.41) is 8.60. The van der Waals surface area contributed by atoms with Gasteiger partial charge in [-0.1, -0.05) is 42.0 Å². The highest BCUT2D eigenvalue weighted by Crippen LogP contribution is 2.30. The fourth-order valence-corrected chi connectivity index (χ4v) is 2.40. The summed E-state index contributed by atoms with van der Waals surface area (Å²) in [5.41, 5.74) is 4.47. The lowest BCUT2D eigenvalue weighted by Gasteiger charge is -1.99. The number of hydrogen-bond donors (Lipinski definition) is 1. The Morgan fingerprint density at radius 1 is 1.06 bits per heavy atom. The van der Waals surface area contributed by atoms with Crippen molar-refractivity contribution in [2.45, 2.75) is 6.92 Å². The first-order valence-electron chi connectivity index (χ1n) is 5.45. The second-order valence-corrected chi connectivity index (χ2v) is 4.95. The van der Waals surface area contributed by atoms with Crippen molar-refractivity contribution in [2.75, 3.05) is 0 Å². The maximum absolute atomic E-state index is 4.35. The Labute approximate surface area is 108 Å². The molecule has 0 amide bonds. The summed E-state index contributed by atoms with van der Waals surface area (Å²) in [6, 6.07) is 14.6. The number of fused-ring (bicyclic) bond motifs is 1. The quantitative estimate of drug-likeness (QED) is 0.710. The molecular formula is C14H11BrN2. The number of rotatable bonds is 1. The van der Waals surface area contributed by atoms with Gasteiger partial charge in [0.25, 0.3) is 0 Å². The van der Waals surface area contributed by atoms with Crippen LogP contribution in [0.25, 0.3) is 22.2 Å². The highest BCUT2D eigenvalue weighted by atomic mass is 79.9. The molecule has 3 rings (SSSR count). The van der Waals surface area contributed by atoms with Gasteiger partial charge in [0.15, 0.2) is 0 Å². The lowest BCUT2D eigenvalue weighted by atomic mass is 10.1. The normalized spacial score (nSPS) is 10.9. The molecule has 2 aromatic carbocycles. The molecule has 3 aromatic rings. The smallest absolute Gasteiger partial charge is 0.107 e. The zero-order valence-corrected chi connectivity index (χ0v) is 11.0. The van der Waals surface area contributed by atoms with E-state index in [4.69, 9.17) is 0 Å². The van der Waals surface area contributed by atoms with Gasteiger partial charge in [0, 0.05) is 15.4 Å². The van der Waals surface area contributed by atoms with E-state index in [0.29, 0.717) is 0 Å². The number of aromatic nitrogens is 2. The molecule has 1 N–H and O–H groups in total. The van der Waals surface area contributed by atoms with Crippen LogP contribution in [0.3, 0.4) is 0 Å². The molecule has 3 heteroatoms. The Balaban J connectivity index is 2.24. The van der Waals surface area contributed by atoms with Gasteiger partial charge in [0.05, 0.1) is 5.69 Å². The highest BCUT2D eigenvalue weighted by molar-refractivity contribution is 9.10. The number of nitrogens with zero attached hydrogens (tertiary/aromatic N) is 1. The van der Waals surface area contributed by atoms with Gasteiger partial charge in [0.1, 0.15) is 5.52 Å². The van der Waals surface area contributed by atoms with Gasteiger partial charge < -0.3 is 0 Å². The van der Waals surface area contributed by atoms with Crippen molar-refractivity contribution in [1.29, 1.82) is 0 Å². The van der Waals surface area contributed by atoms with Crippen molar-refractivity contribution in [2.24, 2.45) is 0 Å². The van der Waals surface area contributed by atoms with Crippen LogP contribution in [-0.4, -0.2) is 10.2 Å². The maximum atomic E-state index is 4.35. The minimum absolute atomic E-state index is 0.975. The van der Waals surface area contributed by atoms with Crippen LogP contribution < -0.4 is 0 Å². The molecule has 0 aliphatic heterocycles. The van der Waals surface area contributed by atoms with E-state index in [2.05, 4.69) is 63.4 Å². The topological polar surface area (TPSA) is 28.7 Å². The van der Waals surface area contributed by atoms with Crippen molar-refractivity contribution in [3.63, 3.8) is 0 Å². The van der Waals surface area contributed by atoms with Crippen molar-refractivity contribution >= 4 is 26.8 Å². The van der Waals surface area contributed by atoms with Crippen LogP contribution in [0.5, 0.6) is 0 Å². The second-order valence-electron chi connectivity index (χ2n) is 4.10. The van der Waals surface area contributed by atoms with Crippen LogP contribution >= 0.6 is 15.9 Å². The molecule has 0 saturated carbocycles. The molecule has 1 aromatic heterocycles. The predicted octanol–water partition coefficient (Wildman–Crippen LogP) is 4.30. The number of benzene rings is 2. The Kier molecular flexibility index (Phi) is 2.48. The second kappa shape index (κ2) is 4.00. The van der Waals surface area contributed by atoms with E-state index in [1.807, 2.05) is 12.1 Å². The van der Waals surface area contributed by atoms with Gasteiger partial charge in [-0.25, -0.2) is 0 Å². The number of H-pyrrole nitrogens is 1. The predicted molar refractivity (Wildman–Crippen MR) is 74.0 cm³/mol. The standard InChI is InChI=1S/C14H11BrN2/c1-9-5-7-10(8-6-9)13-11-3-2-4-12(15)14(11)17-16-13/h2-8H,1H3,(H,16,17). The number of hydrogen-bond acceptors (Lipinski definition) is 1. The largest absolute Gasteiger partial charge is 0.277 e. The molecule has 1 heterocycles. The molecule has 84 valence electrons. The highest BCUT2D eigenvalue weighted by Gasteiger charge is 2.08. The van der Waals surface area contributed by atoms with Crippen LogP contribution in [0.1, 0.15) is 5.56 Å². The minimum Gasteiger partial charge on any atom is -0.277 e. The SMILES string of the molecule is Cc1ccc(-c2[nH]nc3c(Br)cccc23)cc1. The van der Waals surface area contributed by atoms with Crippen LogP contribution in [0.4, 0.5) is 0 Å². The summed E-state index contributed by atoms with van der Waals surface area (Å²) >= 11 is 3.51. The minimum atomic E-state index is 0.975. The molecular weight excluding hydrogens is 276 g/mol. The van der Waals surface area contributed by atoms with Crippen LogP contribution in [0.2, 0.25) is 0 Å². The number of para-hydroxylation sites is 1. The fourth-order valence-electron chi connectivity index (χ4n) is 1.94. The van der Waals surface area contributed by atoms with Crippen molar-refractivity contribution < 1.29 is 0 Å². The molecule has 0 spiro atoms. The first-order chi connectivity index (χ1) is 8.25. The summed E-state index contributed by atoms with van der Waals surface area (Å²) in [7, 11) is 0. The van der Waals surface area contributed by atoms with E-state index in [-0.39, 0.29) is 0 Å². The van der Waals surface area contributed by atoms with E-state index in [0.717, 1.165) is 26.6 Å². The van der Waals surface area contributed by atoms with Crippen LogP contribution in [0.15, 0.2) is 46.9 Å². The molecule has 0 bridgehead atoms. The lowest BCUT2D eigenvalue weighted by molar-refractivity contribution is 1.12. The molecule has 0 fully saturated rings. The molecule has 0 unspecified atom stereocenters. The fraction of sp³-hybridized carbons (Fsp3) is 0.0714. The van der Waals surface area contributed by atoms with Gasteiger partial charge in [0.2, 0.25) is 0 Å². The van der Waals surface area contributed by atoms with Crippen molar-refractivity contribution in [3.05, 3.63) is 52.5 Å². The van der Waals surface area contributed by atoms with E-state index in [9.17, 15) is 0 Å². The summed E-state index contributed by atoms with van der Waals surface area (Å²) in [6.45, 7) is 2.09. The third-order valence-electron chi connectivity index (χ3n) is 2.88. The Bertz CT molecular complexity index is 668. The third kappa shape index (κ3) is 1.76. The summed E-state index contributed by atoms with van der Waals surface area (Å²) < 4.78 is 1.02. The number of halogens is 1. The zero-order chi connectivity index (χ0) is 11.8. The molecule has 17 heavy (non-hydrogen) atoms. The van der Waals surface area contributed by atoms with Crippen molar-refractivity contribution in [3.8, 4) is 11.3 Å². The molecule has 0 aliphatic rings. The first-order valence-corrected chi connectivity index (χ1v) is 6.24. The average Bonchev–Trinajstić information content (AvgIpc) is 2.75.